The number of fused-ring (bicyclic) bond motifs is 6. The second-order valence-electron chi connectivity index (χ2n) is 16.5. The van der Waals surface area contributed by atoms with Crippen LogP contribution in [0.25, 0.3) is 93.5 Å². The van der Waals surface area contributed by atoms with Crippen LogP contribution in [0.4, 0.5) is 17.1 Å². The van der Waals surface area contributed by atoms with Crippen LogP contribution < -0.4 is 4.90 Å². The van der Waals surface area contributed by atoms with Gasteiger partial charge in [-0.1, -0.05) is 194 Å². The monoisotopic (exact) mass is 814 g/mol. The van der Waals surface area contributed by atoms with Crippen molar-refractivity contribution in [3.8, 4) is 50.2 Å². The number of para-hydroxylation sites is 2. The minimum atomic E-state index is 1.07. The van der Waals surface area contributed by atoms with Crippen molar-refractivity contribution in [1.29, 1.82) is 0 Å². The molecule has 12 aromatic rings. The van der Waals surface area contributed by atoms with E-state index in [4.69, 9.17) is 0 Å². The van der Waals surface area contributed by atoms with E-state index >= 15 is 0 Å². The molecule has 11 aromatic carbocycles. The van der Waals surface area contributed by atoms with Gasteiger partial charge in [0.2, 0.25) is 0 Å². The molecule has 64 heavy (non-hydrogen) atoms. The van der Waals surface area contributed by atoms with Gasteiger partial charge in [0.25, 0.3) is 0 Å². The molecule has 0 N–H and O–H groups in total. The Labute approximate surface area is 373 Å². The first-order valence-corrected chi connectivity index (χ1v) is 22.0. The maximum Gasteiger partial charge on any atom is 0.0546 e. The number of benzene rings is 11. The molecule has 0 bridgehead atoms. The molecule has 0 radical (unpaired) electrons. The molecule has 0 fully saturated rings. The summed E-state index contributed by atoms with van der Waals surface area (Å²) in [5.41, 5.74) is 16.2. The molecule has 0 aliphatic heterocycles. The van der Waals surface area contributed by atoms with Gasteiger partial charge >= 0.3 is 0 Å². The molecule has 0 unspecified atom stereocenters. The molecule has 0 saturated heterocycles. The lowest BCUT2D eigenvalue weighted by Gasteiger charge is -2.29. The van der Waals surface area contributed by atoms with E-state index < -0.39 is 0 Å². The van der Waals surface area contributed by atoms with E-state index in [9.17, 15) is 0 Å². The van der Waals surface area contributed by atoms with Gasteiger partial charge in [-0.2, -0.15) is 0 Å². The summed E-state index contributed by atoms with van der Waals surface area (Å²) in [5, 5.41) is 7.48. The van der Waals surface area contributed by atoms with E-state index in [1.54, 1.807) is 0 Å². The number of nitrogens with zero attached hydrogens (tertiary/aromatic N) is 2. The summed E-state index contributed by atoms with van der Waals surface area (Å²) in [5.74, 6) is 0. The van der Waals surface area contributed by atoms with Crippen LogP contribution in [0.15, 0.2) is 255 Å². The molecule has 0 saturated carbocycles. The van der Waals surface area contributed by atoms with Gasteiger partial charge in [-0.25, -0.2) is 0 Å². The van der Waals surface area contributed by atoms with Crippen molar-refractivity contribution in [2.75, 3.05) is 4.90 Å². The van der Waals surface area contributed by atoms with Crippen molar-refractivity contribution in [1.82, 2.24) is 4.57 Å². The first-order valence-electron chi connectivity index (χ1n) is 22.0. The van der Waals surface area contributed by atoms with E-state index in [-0.39, 0.29) is 0 Å². The first kappa shape index (κ1) is 37.3. The molecule has 0 spiro atoms. The number of hydrogen-bond acceptors (Lipinski definition) is 1. The first-order chi connectivity index (χ1) is 31.7. The molecule has 1 heterocycles. The molecular weight excluding hydrogens is 773 g/mol. The van der Waals surface area contributed by atoms with Gasteiger partial charge in [0.05, 0.1) is 16.7 Å². The molecule has 1 aromatic heterocycles. The predicted octanol–water partition coefficient (Wildman–Crippen LogP) is 17.2. The molecule has 2 nitrogen and oxygen atoms in total. The van der Waals surface area contributed by atoms with E-state index in [1.165, 1.54) is 71.2 Å². The van der Waals surface area contributed by atoms with Crippen LogP contribution in [-0.2, 0) is 0 Å². The zero-order valence-electron chi connectivity index (χ0n) is 35.1. The zero-order chi connectivity index (χ0) is 42.4. The Kier molecular flexibility index (Phi) is 9.20. The quantitative estimate of drug-likeness (QED) is 0.139. The normalized spacial score (nSPS) is 11.4. The molecular formula is C62H42N2. The van der Waals surface area contributed by atoms with Crippen molar-refractivity contribution in [2.45, 2.75) is 0 Å². The Balaban J connectivity index is 1.09. The van der Waals surface area contributed by atoms with Crippen LogP contribution in [0.5, 0.6) is 0 Å². The highest BCUT2D eigenvalue weighted by Gasteiger charge is 2.21. The molecule has 0 atom stereocenters. The second-order valence-corrected chi connectivity index (χ2v) is 16.5. The van der Waals surface area contributed by atoms with Gasteiger partial charge < -0.3 is 9.47 Å². The van der Waals surface area contributed by atoms with Gasteiger partial charge in [0.1, 0.15) is 0 Å². The summed E-state index contributed by atoms with van der Waals surface area (Å²) >= 11 is 0. The van der Waals surface area contributed by atoms with E-state index in [0.717, 1.165) is 39.4 Å². The highest BCUT2D eigenvalue weighted by Crippen LogP contribution is 2.46. The Morgan fingerprint density at radius 1 is 0.266 bits per heavy atom. The number of hydrogen-bond donors (Lipinski definition) is 0. The Bertz CT molecular complexity index is 3610. The summed E-state index contributed by atoms with van der Waals surface area (Å²) in [4.78, 5) is 2.45. The van der Waals surface area contributed by atoms with Gasteiger partial charge in [0.15, 0.2) is 0 Å². The predicted molar refractivity (Wildman–Crippen MR) is 272 cm³/mol. The minimum Gasteiger partial charge on any atom is -0.310 e. The van der Waals surface area contributed by atoms with E-state index in [2.05, 4.69) is 264 Å². The van der Waals surface area contributed by atoms with Crippen LogP contribution >= 0.6 is 0 Å². The van der Waals surface area contributed by atoms with Crippen LogP contribution in [0.3, 0.4) is 0 Å². The van der Waals surface area contributed by atoms with Crippen LogP contribution in [0.1, 0.15) is 0 Å². The highest BCUT2D eigenvalue weighted by atomic mass is 15.1. The average molecular weight is 815 g/mol. The van der Waals surface area contributed by atoms with Crippen LogP contribution in [0.2, 0.25) is 0 Å². The molecule has 300 valence electrons. The van der Waals surface area contributed by atoms with Crippen molar-refractivity contribution >= 4 is 60.4 Å². The Morgan fingerprint density at radius 2 is 0.797 bits per heavy atom. The summed E-state index contributed by atoms with van der Waals surface area (Å²) in [7, 11) is 0. The average Bonchev–Trinajstić information content (AvgIpc) is 3.71. The fourth-order valence-electron chi connectivity index (χ4n) is 9.75. The fourth-order valence-corrected chi connectivity index (χ4v) is 9.75. The topological polar surface area (TPSA) is 8.17 Å². The lowest BCUT2D eigenvalue weighted by atomic mass is 9.91. The summed E-state index contributed by atoms with van der Waals surface area (Å²) in [6, 6.07) is 92.8. The van der Waals surface area contributed by atoms with Gasteiger partial charge in [0, 0.05) is 33.4 Å². The third kappa shape index (κ3) is 6.52. The summed E-state index contributed by atoms with van der Waals surface area (Å²) < 4.78 is 2.41. The molecule has 12 rings (SSSR count). The maximum atomic E-state index is 2.45. The maximum absolute atomic E-state index is 2.45. The van der Waals surface area contributed by atoms with Gasteiger partial charge in [-0.3, -0.25) is 0 Å². The largest absolute Gasteiger partial charge is 0.310 e. The standard InChI is InChI=1S/C62H42N2/c1-3-17-43(18-4-1)46-22-15-23-47(39-46)44-33-36-50(37-34-44)63(51-24-16-25-52(42-51)64-60-31-13-11-29-57(60)58-30-12-14-32-61(58)64)62-41-49(35-38-54(62)45-19-5-2-6-20-45)59-40-48-21-7-8-26-53(48)55-27-9-10-28-56(55)59/h1-42H. The number of aromatic nitrogens is 1. The van der Waals surface area contributed by atoms with Gasteiger partial charge in [-0.05, 0) is 121 Å². The molecule has 0 amide bonds. The second kappa shape index (κ2) is 15.8. The zero-order valence-corrected chi connectivity index (χ0v) is 35.1. The van der Waals surface area contributed by atoms with Crippen LogP contribution in [0, 0.1) is 0 Å². The molecule has 2 heteroatoms. The van der Waals surface area contributed by atoms with Crippen molar-refractivity contribution in [3.05, 3.63) is 255 Å². The van der Waals surface area contributed by atoms with Gasteiger partial charge in [-0.15, -0.1) is 0 Å². The molecule has 0 aliphatic carbocycles. The minimum absolute atomic E-state index is 1.07. The Morgan fingerprint density at radius 3 is 1.50 bits per heavy atom. The SMILES string of the molecule is c1ccc(-c2cccc(-c3ccc(N(c4cccc(-n5c6ccccc6c6ccccc65)c4)c4cc(-c5cc6ccccc6c6ccccc56)ccc4-c4ccccc4)cc3)c2)cc1. The summed E-state index contributed by atoms with van der Waals surface area (Å²) in [6.07, 6.45) is 0. The fraction of sp³-hybridized carbons (Fsp3) is 0. The Hall–Kier alpha value is -8.46. The van der Waals surface area contributed by atoms with Crippen LogP contribution in [-0.4, -0.2) is 4.57 Å². The van der Waals surface area contributed by atoms with Crippen molar-refractivity contribution in [2.24, 2.45) is 0 Å². The number of anilines is 3. The third-order valence-corrected chi connectivity index (χ3v) is 12.8. The lowest BCUT2D eigenvalue weighted by Crippen LogP contribution is -2.12. The number of rotatable bonds is 8. The van der Waals surface area contributed by atoms with Crippen molar-refractivity contribution < 1.29 is 0 Å². The van der Waals surface area contributed by atoms with Crippen molar-refractivity contribution in [3.63, 3.8) is 0 Å². The highest BCUT2D eigenvalue weighted by molar-refractivity contribution is 6.14. The lowest BCUT2D eigenvalue weighted by molar-refractivity contribution is 1.17. The smallest absolute Gasteiger partial charge is 0.0546 e. The third-order valence-electron chi connectivity index (χ3n) is 12.8. The molecule has 0 aliphatic rings. The van der Waals surface area contributed by atoms with E-state index in [1.807, 2.05) is 0 Å². The van der Waals surface area contributed by atoms with E-state index in [0.29, 0.717) is 0 Å². The summed E-state index contributed by atoms with van der Waals surface area (Å²) in [6.45, 7) is 0.